The van der Waals surface area contributed by atoms with Crippen LogP contribution in [0.2, 0.25) is 0 Å². The zero-order valence-electron chi connectivity index (χ0n) is 52.5. The number of hydrogen-bond acceptors (Lipinski definition) is 29. The molecule has 0 aromatic heterocycles. The molecule has 4 aliphatic carbocycles. The molecule has 19 N–H and O–H groups in total. The van der Waals surface area contributed by atoms with Crippen LogP contribution in [0.15, 0.2) is 11.6 Å². The summed E-state index contributed by atoms with van der Waals surface area (Å²) in [5.41, 5.74) is -2.36. The van der Waals surface area contributed by atoms with Gasteiger partial charge < -0.3 is 144 Å². The van der Waals surface area contributed by atoms with Crippen LogP contribution in [-0.2, 0) is 47.4 Å². The predicted molar refractivity (Wildman–Crippen MR) is 305 cm³/mol. The van der Waals surface area contributed by atoms with Crippen LogP contribution in [-0.4, -0.2) is 308 Å². The number of aliphatic hydroxyl groups excluding tert-OH is 18. The second-order valence-corrected chi connectivity index (χ2v) is 28.8. The molecule has 29 heteroatoms. The Morgan fingerprint density at radius 1 is 0.544 bits per heavy atom. The smallest absolute Gasteiger partial charge is 0.187 e. The lowest BCUT2D eigenvalue weighted by Crippen LogP contribution is -2.67. The number of ether oxygens (including phenoxy) is 10. The van der Waals surface area contributed by atoms with Gasteiger partial charge in [0.2, 0.25) is 0 Å². The molecule has 5 aliphatic heterocycles. The summed E-state index contributed by atoms with van der Waals surface area (Å²) in [4.78, 5) is 0. The molecular weight excluding hydrogens is 1200 g/mol. The van der Waals surface area contributed by atoms with E-state index in [0.29, 0.717) is 32.1 Å². The average Bonchev–Trinajstić information content (AvgIpc) is 1.29. The van der Waals surface area contributed by atoms with E-state index in [-0.39, 0.29) is 40.9 Å². The first kappa shape index (κ1) is 72.8. The van der Waals surface area contributed by atoms with Gasteiger partial charge in [0.1, 0.15) is 122 Å². The molecule has 8 fully saturated rings. The minimum absolute atomic E-state index is 0.0179. The maximum Gasteiger partial charge on any atom is 0.187 e. The minimum Gasteiger partial charge on any atom is -0.394 e. The Hall–Kier alpha value is -1.42. The molecule has 522 valence electrons. The first-order chi connectivity index (χ1) is 42.2. The van der Waals surface area contributed by atoms with Gasteiger partial charge in [-0.1, -0.05) is 53.2 Å². The third-order valence-corrected chi connectivity index (χ3v) is 23.2. The standard InChI is InChI=1S/C61H104O29/c1-9-61-17-16-25(24(2)10-14-36(58(5,6)80)88-56-51(45(75)39(69)30(21-64)85-56)90-55-49(79)50(41(71)31(22-65)84-55)89-54-48(78)43(73)38(68)29(20-63)83-54)59(61,7)18-34(66)60(8)27-12-15-35(57(3,4)26(27)11-13-33(60)61)87-53-47(77)44(74)40(70)32(86-53)23-81-52-46(76)42(72)37(67)28(19-62)82-52/h11,24-25,27-56,62-80H,9-10,12-23H2,1-8H3/t24-,25?,27?,28-,29-,30-,31-,32-,33?,34-,35+,36-,37-,38-,39-,40-,41-,42+,43+,44+,45+,46-,47-,48-,49-,50+,51-,52-,53+,54+,55+,56+,59-,60+,61+/m1/s1. The third-order valence-electron chi connectivity index (χ3n) is 23.2. The van der Waals surface area contributed by atoms with Gasteiger partial charge in [0, 0.05) is 10.8 Å². The topological polar surface area (TPSA) is 477 Å². The number of hydrogen-bond donors (Lipinski definition) is 19. The summed E-state index contributed by atoms with van der Waals surface area (Å²) < 4.78 is 59.4. The molecule has 0 amide bonds. The van der Waals surface area contributed by atoms with Gasteiger partial charge in [-0.25, -0.2) is 0 Å². The first-order valence-electron chi connectivity index (χ1n) is 32.1. The van der Waals surface area contributed by atoms with Crippen molar-refractivity contribution in [3.63, 3.8) is 0 Å². The van der Waals surface area contributed by atoms with Crippen LogP contribution in [0.1, 0.15) is 113 Å². The van der Waals surface area contributed by atoms with Crippen molar-refractivity contribution in [2.75, 3.05) is 33.0 Å². The normalized spacial score (nSPS) is 51.3. The molecule has 9 rings (SSSR count). The van der Waals surface area contributed by atoms with Crippen molar-refractivity contribution in [2.24, 2.45) is 45.3 Å². The van der Waals surface area contributed by atoms with E-state index in [1.165, 1.54) is 13.8 Å². The van der Waals surface area contributed by atoms with Crippen molar-refractivity contribution in [1.82, 2.24) is 0 Å². The Bertz CT molecular complexity index is 2370. The Morgan fingerprint density at radius 3 is 1.58 bits per heavy atom. The highest BCUT2D eigenvalue weighted by atomic mass is 16.8. The minimum atomic E-state index is -2.04. The maximum absolute atomic E-state index is 12.9. The molecule has 29 nitrogen and oxygen atoms in total. The molecule has 35 atom stereocenters. The molecule has 9 aliphatic rings. The molecule has 5 saturated heterocycles. The van der Waals surface area contributed by atoms with Gasteiger partial charge in [-0.05, 0) is 106 Å². The van der Waals surface area contributed by atoms with Gasteiger partial charge in [-0.3, -0.25) is 0 Å². The summed E-state index contributed by atoms with van der Waals surface area (Å²) in [5, 5.41) is 206. The van der Waals surface area contributed by atoms with Gasteiger partial charge in [0.15, 0.2) is 31.5 Å². The van der Waals surface area contributed by atoms with E-state index in [2.05, 4.69) is 47.6 Å². The monoisotopic (exact) mass is 1300 g/mol. The maximum atomic E-state index is 12.9. The SMILES string of the molecule is CC[C@@]12CCC([C@H](C)CC[C@@H](O[C@@H]3O[C@H](CO)[C@@H](O)[C@H](O)[C@H]3O[C@@H]3O[C@H](CO)[C@@H](O)[C@H](O[C@@H]4O[C@H](CO)[C@@H](O)[C@H](O)[C@H]4O)[C@H]3O)C(C)(C)O)[C@@]1(C)C[C@@H](O)[C@@]1(C)C3CC[C@H](O[C@@H]4O[C@H](CO[C@@H]5O[C@H](CO)[C@@H](O)[C@H](O)[C@H]5O)[C@@H](O)[C@H](O)[C@H]4O)C(C)(C)C3=CCC12. The average molecular weight is 1300 g/mol. The highest BCUT2D eigenvalue weighted by molar-refractivity contribution is 5.32. The van der Waals surface area contributed by atoms with Gasteiger partial charge in [0.25, 0.3) is 0 Å². The summed E-state index contributed by atoms with van der Waals surface area (Å²) in [7, 11) is 0. The van der Waals surface area contributed by atoms with Crippen molar-refractivity contribution < 1.29 is 144 Å². The van der Waals surface area contributed by atoms with Crippen LogP contribution in [0.3, 0.4) is 0 Å². The van der Waals surface area contributed by atoms with E-state index >= 15 is 0 Å². The quantitative estimate of drug-likeness (QED) is 0.0479. The fourth-order valence-electron chi connectivity index (χ4n) is 17.7. The van der Waals surface area contributed by atoms with Crippen molar-refractivity contribution in [3.05, 3.63) is 11.6 Å². The largest absolute Gasteiger partial charge is 0.394 e. The van der Waals surface area contributed by atoms with E-state index in [4.69, 9.17) is 47.4 Å². The number of fused-ring (bicyclic) bond motifs is 5. The van der Waals surface area contributed by atoms with Crippen LogP contribution >= 0.6 is 0 Å². The van der Waals surface area contributed by atoms with Gasteiger partial charge in [-0.15, -0.1) is 0 Å². The molecular formula is C61H104O29. The van der Waals surface area contributed by atoms with Gasteiger partial charge in [-0.2, -0.15) is 0 Å². The Balaban J connectivity index is 0.878. The van der Waals surface area contributed by atoms with Crippen molar-refractivity contribution >= 4 is 0 Å². The van der Waals surface area contributed by atoms with E-state index in [1.807, 2.05) is 0 Å². The molecule has 0 bridgehead atoms. The molecule has 5 heterocycles. The molecule has 0 radical (unpaired) electrons. The first-order valence-corrected chi connectivity index (χ1v) is 32.1. The Morgan fingerprint density at radius 2 is 1.02 bits per heavy atom. The highest BCUT2D eigenvalue weighted by Crippen LogP contribution is 2.76. The Kier molecular flexibility index (Phi) is 22.8. The molecule has 0 aromatic carbocycles. The van der Waals surface area contributed by atoms with Crippen LogP contribution < -0.4 is 0 Å². The number of allylic oxidation sites excluding steroid dienone is 1. The van der Waals surface area contributed by atoms with E-state index in [1.54, 1.807) is 0 Å². The fraction of sp³-hybridized carbons (Fsp3) is 0.967. The number of rotatable bonds is 21. The lowest BCUT2D eigenvalue weighted by Gasteiger charge is -2.68. The number of aliphatic hydroxyl groups is 19. The van der Waals surface area contributed by atoms with Crippen LogP contribution in [0.25, 0.3) is 0 Å². The van der Waals surface area contributed by atoms with Crippen LogP contribution in [0.5, 0.6) is 0 Å². The van der Waals surface area contributed by atoms with Crippen molar-refractivity contribution in [3.8, 4) is 0 Å². The summed E-state index contributed by atoms with van der Waals surface area (Å²) in [6.45, 7) is 12.3. The van der Waals surface area contributed by atoms with Crippen LogP contribution in [0, 0.1) is 45.3 Å². The summed E-state index contributed by atoms with van der Waals surface area (Å²) in [6.07, 6.45) is -36.9. The van der Waals surface area contributed by atoms with Gasteiger partial charge >= 0.3 is 0 Å². The van der Waals surface area contributed by atoms with Crippen molar-refractivity contribution in [1.29, 1.82) is 0 Å². The molecule has 0 aromatic rings. The van der Waals surface area contributed by atoms with Crippen LogP contribution in [0.4, 0.5) is 0 Å². The molecule has 3 unspecified atom stereocenters. The van der Waals surface area contributed by atoms with E-state index in [9.17, 15) is 97.0 Å². The highest BCUT2D eigenvalue weighted by Gasteiger charge is 2.71. The fourth-order valence-corrected chi connectivity index (χ4v) is 17.7. The lowest BCUT2D eigenvalue weighted by molar-refractivity contribution is -0.390. The van der Waals surface area contributed by atoms with E-state index < -0.39 is 221 Å². The van der Waals surface area contributed by atoms with Crippen molar-refractivity contribution in [2.45, 2.75) is 291 Å². The zero-order valence-corrected chi connectivity index (χ0v) is 52.5. The summed E-state index contributed by atoms with van der Waals surface area (Å²) in [6, 6.07) is 0. The molecule has 0 spiro atoms. The molecule has 3 saturated carbocycles. The zero-order chi connectivity index (χ0) is 66.2. The van der Waals surface area contributed by atoms with E-state index in [0.717, 1.165) is 24.8 Å². The molecule has 90 heavy (non-hydrogen) atoms. The Labute approximate surface area is 523 Å². The third kappa shape index (κ3) is 12.9. The predicted octanol–water partition coefficient (Wildman–Crippen LogP) is -5.02. The summed E-state index contributed by atoms with van der Waals surface area (Å²) in [5.74, 6) is 0.0544. The second-order valence-electron chi connectivity index (χ2n) is 28.8. The second kappa shape index (κ2) is 28.2. The summed E-state index contributed by atoms with van der Waals surface area (Å²) >= 11 is 0. The van der Waals surface area contributed by atoms with Gasteiger partial charge in [0.05, 0.1) is 56.9 Å². The lowest BCUT2D eigenvalue weighted by atomic mass is 9.37.